The van der Waals surface area contributed by atoms with Gasteiger partial charge in [0.1, 0.15) is 31.2 Å². The van der Waals surface area contributed by atoms with Gasteiger partial charge in [0, 0.05) is 0 Å². The highest BCUT2D eigenvalue weighted by molar-refractivity contribution is 5.80. The Bertz CT molecular complexity index is 1020. The summed E-state index contributed by atoms with van der Waals surface area (Å²) in [5, 5.41) is 0. The average molecular weight is 667 g/mol. The summed E-state index contributed by atoms with van der Waals surface area (Å²) < 4.78 is 26.2. The van der Waals surface area contributed by atoms with E-state index in [1.165, 1.54) is 12.7 Å². The molecule has 0 radical (unpaired) electrons. The van der Waals surface area contributed by atoms with Crippen LogP contribution in [0.3, 0.4) is 0 Å². The minimum Gasteiger partial charge on any atom is -0.491 e. The van der Waals surface area contributed by atoms with E-state index in [1.807, 2.05) is 83.1 Å². The van der Waals surface area contributed by atoms with Crippen LogP contribution in [-0.4, -0.2) is 57.7 Å². The zero-order chi connectivity index (χ0) is 30.3. The van der Waals surface area contributed by atoms with E-state index in [4.69, 9.17) is 23.7 Å². The van der Waals surface area contributed by atoms with Crippen LogP contribution < -0.4 is 4.74 Å². The number of hydrogen-bond donors (Lipinski definition) is 0. The van der Waals surface area contributed by atoms with Crippen molar-refractivity contribution < 1.29 is 33.3 Å². The lowest BCUT2D eigenvalue weighted by Gasteiger charge is -2.37. The first-order chi connectivity index (χ1) is 19.7. The molecule has 0 bridgehead atoms. The molecule has 2 saturated heterocycles. The predicted octanol–water partition coefficient (Wildman–Crippen LogP) is 10.8. The molecule has 4 rings (SSSR count). The molecular formula is C40H74O7. The van der Waals surface area contributed by atoms with E-state index in [2.05, 4.69) is 19.1 Å². The van der Waals surface area contributed by atoms with Gasteiger partial charge >= 0.3 is 11.9 Å². The van der Waals surface area contributed by atoms with Crippen LogP contribution in [0.25, 0.3) is 0 Å². The Balaban J connectivity index is -0.000000263. The molecule has 0 saturated carbocycles. The lowest BCUT2D eigenvalue weighted by Crippen LogP contribution is -2.41. The summed E-state index contributed by atoms with van der Waals surface area (Å²) in [7, 11) is 1.40. The molecule has 2 aliphatic heterocycles. The number of carbonyl (C=O) groups excluding carboxylic acids is 2. The van der Waals surface area contributed by atoms with E-state index in [0.29, 0.717) is 38.6 Å². The number of benzene rings is 2. The summed E-state index contributed by atoms with van der Waals surface area (Å²) in [6.45, 7) is 14.3. The predicted molar refractivity (Wildman–Crippen MR) is 201 cm³/mol. The first-order valence-corrected chi connectivity index (χ1v) is 14.9. The number of hydrogen-bond acceptors (Lipinski definition) is 7. The van der Waals surface area contributed by atoms with Gasteiger partial charge in [0.15, 0.2) is 0 Å². The largest absolute Gasteiger partial charge is 0.491 e. The van der Waals surface area contributed by atoms with Gasteiger partial charge in [0.05, 0.1) is 31.2 Å². The summed E-state index contributed by atoms with van der Waals surface area (Å²) in [5.74, 6) is 0.575. The quantitative estimate of drug-likeness (QED) is 0.146. The Kier molecular flexibility index (Phi) is 30.9. The minimum absolute atomic E-state index is 0. The smallest absolute Gasteiger partial charge is 0.311 e. The molecule has 0 spiro atoms. The fourth-order valence-electron chi connectivity index (χ4n) is 4.82. The number of para-hydroxylation sites is 1. The molecule has 7 nitrogen and oxygen atoms in total. The molecule has 2 aromatic carbocycles. The van der Waals surface area contributed by atoms with E-state index in [0.717, 1.165) is 18.8 Å². The molecule has 276 valence electrons. The highest BCUT2D eigenvalue weighted by atomic mass is 16.6. The molecule has 2 heterocycles. The summed E-state index contributed by atoms with van der Waals surface area (Å²) >= 11 is 0. The monoisotopic (exact) mass is 667 g/mol. The average Bonchev–Trinajstić information content (AvgIpc) is 3.95. The second-order valence-corrected chi connectivity index (χ2v) is 11.0. The zero-order valence-electron chi connectivity index (χ0n) is 26.0. The van der Waals surface area contributed by atoms with Crippen molar-refractivity contribution in [2.45, 2.75) is 130 Å². The number of ether oxygens (including phenoxy) is 5. The Hall–Kier alpha value is -2.90. The third-order valence-electron chi connectivity index (χ3n) is 7.58. The number of methoxy groups -OCH3 is 1. The molecular weight excluding hydrogens is 592 g/mol. The van der Waals surface area contributed by atoms with Gasteiger partial charge in [0.25, 0.3) is 0 Å². The molecule has 0 aromatic heterocycles. The third-order valence-corrected chi connectivity index (χ3v) is 7.58. The van der Waals surface area contributed by atoms with Crippen LogP contribution in [0.5, 0.6) is 5.75 Å². The second kappa shape index (κ2) is 27.1. The highest BCUT2D eigenvalue weighted by Crippen LogP contribution is 2.45. The van der Waals surface area contributed by atoms with Crippen molar-refractivity contribution in [1.29, 1.82) is 0 Å². The Morgan fingerprint density at radius 3 is 1.66 bits per heavy atom. The number of rotatable bonds is 14. The minimum atomic E-state index is -0.801. The van der Waals surface area contributed by atoms with E-state index in [1.54, 1.807) is 0 Å². The van der Waals surface area contributed by atoms with Crippen molar-refractivity contribution in [3.63, 3.8) is 0 Å². The van der Waals surface area contributed by atoms with Crippen LogP contribution in [0.1, 0.15) is 123 Å². The van der Waals surface area contributed by atoms with Gasteiger partial charge in [-0.25, -0.2) is 0 Å². The molecule has 0 amide bonds. The lowest BCUT2D eigenvalue weighted by molar-refractivity contribution is -0.163. The van der Waals surface area contributed by atoms with Crippen LogP contribution in [0.2, 0.25) is 0 Å². The molecule has 5 atom stereocenters. The van der Waals surface area contributed by atoms with Crippen molar-refractivity contribution in [1.82, 2.24) is 0 Å². The summed E-state index contributed by atoms with van der Waals surface area (Å²) in [6, 6.07) is 20.0. The molecule has 5 unspecified atom stereocenters. The topological polar surface area (TPSA) is 86.9 Å². The van der Waals surface area contributed by atoms with Crippen LogP contribution in [0.15, 0.2) is 60.7 Å². The number of epoxide rings is 2. The first kappa shape index (κ1) is 53.6. The Morgan fingerprint density at radius 1 is 0.766 bits per heavy atom. The molecule has 2 aromatic rings. The van der Waals surface area contributed by atoms with E-state index < -0.39 is 10.8 Å². The van der Waals surface area contributed by atoms with Gasteiger partial charge in [-0.1, -0.05) is 121 Å². The fraction of sp³-hybridized carbons (Fsp3) is 0.650. The number of carbonyl (C=O) groups is 2. The Labute approximate surface area is 291 Å². The molecule has 7 heteroatoms. The molecule has 2 fully saturated rings. The van der Waals surface area contributed by atoms with Gasteiger partial charge in [-0.05, 0) is 63.1 Å². The first-order valence-electron chi connectivity index (χ1n) is 14.9. The van der Waals surface area contributed by atoms with Crippen molar-refractivity contribution in [2.75, 3.05) is 33.5 Å². The fourth-order valence-corrected chi connectivity index (χ4v) is 4.82. The summed E-state index contributed by atoms with van der Waals surface area (Å²) in [5.41, 5.74) is -0.344. The van der Waals surface area contributed by atoms with Crippen molar-refractivity contribution in [3.05, 3.63) is 66.2 Å². The second-order valence-electron chi connectivity index (χ2n) is 11.0. The van der Waals surface area contributed by atoms with Crippen LogP contribution >= 0.6 is 0 Å². The van der Waals surface area contributed by atoms with Crippen LogP contribution in [0, 0.1) is 10.8 Å². The van der Waals surface area contributed by atoms with Gasteiger partial charge in [-0.2, -0.15) is 0 Å². The van der Waals surface area contributed by atoms with E-state index >= 15 is 0 Å². The van der Waals surface area contributed by atoms with Gasteiger partial charge < -0.3 is 23.7 Å². The third kappa shape index (κ3) is 18.3. The standard InChI is InChI=1S/C23H34O5.C9H10O2.C2H6.6CH4/c1-6-17(18-11-9-8-10-12-18)13-23(4,21(25)28-15-19-14-27-19)16-22(3,7-2)20(24)26-5;1-2-4-8(5-3-1)10-6-9-7-11-9;1-2;;;;;;/h8-12,17,19H,6-7,13-16H2,1-5H3;1-5,9H,6-7H2;1-2H3;6*1H4. The maximum Gasteiger partial charge on any atom is 0.311 e. The Morgan fingerprint density at radius 2 is 1.23 bits per heavy atom. The normalized spacial score (nSPS) is 17.7. The van der Waals surface area contributed by atoms with E-state index in [-0.39, 0.29) is 75.1 Å². The maximum atomic E-state index is 13.2. The summed E-state index contributed by atoms with van der Waals surface area (Å²) in [6.07, 6.45) is 2.86. The lowest BCUT2D eigenvalue weighted by atomic mass is 9.67. The van der Waals surface area contributed by atoms with Crippen LogP contribution in [-0.2, 0) is 28.5 Å². The van der Waals surface area contributed by atoms with Gasteiger partial charge in [-0.15, -0.1) is 0 Å². The van der Waals surface area contributed by atoms with Crippen molar-refractivity contribution >= 4 is 11.9 Å². The van der Waals surface area contributed by atoms with Crippen LogP contribution in [0.4, 0.5) is 0 Å². The van der Waals surface area contributed by atoms with Crippen molar-refractivity contribution in [2.24, 2.45) is 10.8 Å². The molecule has 47 heavy (non-hydrogen) atoms. The number of esters is 2. The van der Waals surface area contributed by atoms with Gasteiger partial charge in [-0.3, -0.25) is 9.59 Å². The van der Waals surface area contributed by atoms with Gasteiger partial charge in [0.2, 0.25) is 0 Å². The molecule has 0 N–H and O–H groups in total. The van der Waals surface area contributed by atoms with Crippen molar-refractivity contribution in [3.8, 4) is 5.75 Å². The SMILES string of the molecule is C.C.C.C.C.C.CC.CCC(CC(C)(CC(C)(CC)C(=O)OC)C(=O)OCC1CO1)c1ccccc1.c1ccc(OCC2CO2)cc1. The molecule has 0 aliphatic carbocycles. The molecule has 2 aliphatic rings. The van der Waals surface area contributed by atoms with E-state index in [9.17, 15) is 9.59 Å². The maximum absolute atomic E-state index is 13.2. The highest BCUT2D eigenvalue weighted by Gasteiger charge is 2.46. The summed E-state index contributed by atoms with van der Waals surface area (Å²) in [4.78, 5) is 25.6. The zero-order valence-corrected chi connectivity index (χ0v) is 26.0.